The number of hydrogen-bond acceptors (Lipinski definition) is 7. The molecular weight excluding hydrogens is 400 g/mol. The Balaban J connectivity index is 1.55. The third-order valence-corrected chi connectivity index (χ3v) is 4.81. The molecule has 29 heavy (non-hydrogen) atoms. The Morgan fingerprint density at radius 1 is 1.38 bits per heavy atom. The quantitative estimate of drug-likeness (QED) is 0.515. The van der Waals surface area contributed by atoms with E-state index in [0.717, 1.165) is 17.7 Å². The first-order chi connectivity index (χ1) is 13.8. The summed E-state index contributed by atoms with van der Waals surface area (Å²) in [4.78, 5) is 41.7. The molecule has 0 spiro atoms. The number of rotatable bonds is 8. The number of nitrogens with one attached hydrogen (secondary N) is 1. The minimum absolute atomic E-state index is 0.0818. The smallest absolute Gasteiger partial charge is 0.326 e. The summed E-state index contributed by atoms with van der Waals surface area (Å²) in [5.41, 5.74) is -0.337. The number of ether oxygens (including phenoxy) is 1. The van der Waals surface area contributed by atoms with Crippen LogP contribution in [0.25, 0.3) is 11.4 Å². The second kappa shape index (κ2) is 8.60. The van der Waals surface area contributed by atoms with Crippen molar-refractivity contribution in [2.75, 3.05) is 6.54 Å². The van der Waals surface area contributed by atoms with Crippen molar-refractivity contribution in [3.63, 3.8) is 0 Å². The van der Waals surface area contributed by atoms with Crippen LogP contribution in [0.15, 0.2) is 28.8 Å². The van der Waals surface area contributed by atoms with E-state index in [0.29, 0.717) is 22.8 Å². The Morgan fingerprint density at radius 3 is 2.90 bits per heavy atom. The highest BCUT2D eigenvalue weighted by atomic mass is 35.5. The topological polar surface area (TPSA) is 115 Å². The average Bonchev–Trinajstić information content (AvgIpc) is 3.24. The second-order valence-corrected chi connectivity index (χ2v) is 7.38. The van der Waals surface area contributed by atoms with Gasteiger partial charge >= 0.3 is 12.0 Å². The summed E-state index contributed by atoms with van der Waals surface area (Å²) >= 11 is 5.94. The summed E-state index contributed by atoms with van der Waals surface area (Å²) in [5, 5.41) is 6.99. The summed E-state index contributed by atoms with van der Waals surface area (Å²) in [6, 6.07) is 6.30. The van der Waals surface area contributed by atoms with Gasteiger partial charge in [0, 0.05) is 10.6 Å². The molecule has 0 radical (unpaired) electrons. The van der Waals surface area contributed by atoms with Crippen LogP contribution >= 0.6 is 11.6 Å². The van der Waals surface area contributed by atoms with Crippen LogP contribution in [0.2, 0.25) is 5.02 Å². The lowest BCUT2D eigenvalue weighted by Crippen LogP contribution is -2.44. The molecule has 154 valence electrons. The number of carbonyl (C=O) groups is 3. The Kier molecular flexibility index (Phi) is 6.17. The van der Waals surface area contributed by atoms with Gasteiger partial charge in [0.15, 0.2) is 6.61 Å². The van der Waals surface area contributed by atoms with Crippen molar-refractivity contribution in [3.05, 3.63) is 35.2 Å². The van der Waals surface area contributed by atoms with Crippen LogP contribution in [0.4, 0.5) is 4.79 Å². The largest absolute Gasteiger partial charge is 0.454 e. The lowest BCUT2D eigenvalue weighted by atomic mass is 9.95. The van der Waals surface area contributed by atoms with E-state index in [1.807, 2.05) is 6.92 Å². The molecule has 0 bridgehead atoms. The van der Waals surface area contributed by atoms with Gasteiger partial charge in [0.25, 0.3) is 11.8 Å². The number of hydrogen-bond donors (Lipinski definition) is 1. The average molecular weight is 421 g/mol. The van der Waals surface area contributed by atoms with Crippen LogP contribution in [0.1, 0.15) is 39.0 Å². The number of unbranched alkanes of at least 4 members (excludes halogenated alkanes) is 1. The number of esters is 1. The molecule has 1 N–H and O–H groups in total. The number of imide groups is 1. The van der Waals surface area contributed by atoms with Gasteiger partial charge in [0.05, 0.1) is 0 Å². The molecule has 1 saturated heterocycles. The van der Waals surface area contributed by atoms with Crippen molar-refractivity contribution in [2.45, 2.75) is 45.3 Å². The van der Waals surface area contributed by atoms with Crippen molar-refractivity contribution in [2.24, 2.45) is 0 Å². The number of benzene rings is 1. The number of amides is 3. The van der Waals surface area contributed by atoms with Gasteiger partial charge in [-0.1, -0.05) is 48.7 Å². The molecule has 9 nitrogen and oxygen atoms in total. The summed E-state index contributed by atoms with van der Waals surface area (Å²) in [7, 11) is 0. The Bertz CT molecular complexity index is 931. The second-order valence-electron chi connectivity index (χ2n) is 6.94. The fourth-order valence-electron chi connectivity index (χ4n) is 2.97. The van der Waals surface area contributed by atoms with E-state index < -0.39 is 30.0 Å². The molecule has 3 rings (SSSR count). The molecule has 3 amide bonds. The number of nitrogens with zero attached hydrogens (tertiary/aromatic N) is 3. The van der Waals surface area contributed by atoms with Gasteiger partial charge in [-0.05, 0) is 25.5 Å². The SMILES string of the molecule is CCCC[C@@]1(C)NC(=O)N(CC(=O)OCc2nc(-c3cccc(Cl)c3)no2)C1=O. The van der Waals surface area contributed by atoms with Crippen molar-refractivity contribution >= 4 is 29.5 Å². The molecular formula is C19H21ClN4O5. The lowest BCUT2D eigenvalue weighted by Gasteiger charge is -2.20. The first-order valence-electron chi connectivity index (χ1n) is 9.20. The number of carbonyl (C=O) groups excluding carboxylic acids is 3. The van der Waals surface area contributed by atoms with Crippen LogP contribution in [0.3, 0.4) is 0 Å². The molecule has 1 fully saturated rings. The molecule has 0 saturated carbocycles. The molecule has 0 unspecified atom stereocenters. The monoisotopic (exact) mass is 420 g/mol. The van der Waals surface area contributed by atoms with Crippen LogP contribution in [-0.4, -0.2) is 45.0 Å². The minimum Gasteiger partial charge on any atom is -0.454 e. The Morgan fingerprint density at radius 2 is 2.17 bits per heavy atom. The van der Waals surface area contributed by atoms with E-state index in [-0.39, 0.29) is 12.5 Å². The van der Waals surface area contributed by atoms with Gasteiger partial charge < -0.3 is 14.6 Å². The van der Waals surface area contributed by atoms with Gasteiger partial charge in [-0.25, -0.2) is 4.79 Å². The highest BCUT2D eigenvalue weighted by molar-refractivity contribution is 6.30. The maximum Gasteiger partial charge on any atom is 0.326 e. The molecule has 1 aliphatic rings. The summed E-state index contributed by atoms with van der Waals surface area (Å²) in [6.45, 7) is 2.89. The third kappa shape index (κ3) is 4.73. The molecule has 2 aromatic rings. The zero-order valence-corrected chi connectivity index (χ0v) is 16.9. The van der Waals surface area contributed by atoms with E-state index in [2.05, 4.69) is 15.5 Å². The fourth-order valence-corrected chi connectivity index (χ4v) is 3.16. The van der Waals surface area contributed by atoms with Crippen molar-refractivity contribution in [1.82, 2.24) is 20.4 Å². The van der Waals surface area contributed by atoms with E-state index in [9.17, 15) is 14.4 Å². The number of halogens is 1. The van der Waals surface area contributed by atoms with E-state index in [4.69, 9.17) is 20.9 Å². The van der Waals surface area contributed by atoms with Crippen LogP contribution in [0.5, 0.6) is 0 Å². The van der Waals surface area contributed by atoms with Gasteiger partial charge in [0.1, 0.15) is 12.1 Å². The normalized spacial score (nSPS) is 18.8. The van der Waals surface area contributed by atoms with Crippen LogP contribution in [-0.2, 0) is 20.9 Å². The van der Waals surface area contributed by atoms with E-state index >= 15 is 0 Å². The fraction of sp³-hybridized carbons (Fsp3) is 0.421. The predicted octanol–water partition coefficient (Wildman–Crippen LogP) is 2.93. The highest BCUT2D eigenvalue weighted by Crippen LogP contribution is 2.23. The first kappa shape index (κ1) is 20.8. The zero-order chi connectivity index (χ0) is 21.0. The Labute approximate surface area is 172 Å². The molecule has 1 aromatic carbocycles. The van der Waals surface area contributed by atoms with Gasteiger partial charge in [-0.3, -0.25) is 14.5 Å². The van der Waals surface area contributed by atoms with Gasteiger partial charge in [0.2, 0.25) is 5.82 Å². The van der Waals surface area contributed by atoms with E-state index in [1.54, 1.807) is 31.2 Å². The Hall–Kier alpha value is -2.94. The molecule has 10 heteroatoms. The zero-order valence-electron chi connectivity index (χ0n) is 16.1. The van der Waals surface area contributed by atoms with Gasteiger partial charge in [-0.15, -0.1) is 0 Å². The molecule has 0 aliphatic carbocycles. The van der Waals surface area contributed by atoms with Crippen LogP contribution < -0.4 is 5.32 Å². The van der Waals surface area contributed by atoms with E-state index in [1.165, 1.54) is 0 Å². The molecule has 1 aromatic heterocycles. The summed E-state index contributed by atoms with van der Waals surface area (Å²) in [6.07, 6.45) is 2.18. The maximum absolute atomic E-state index is 12.5. The maximum atomic E-state index is 12.5. The minimum atomic E-state index is -0.994. The summed E-state index contributed by atoms with van der Waals surface area (Å²) < 4.78 is 10.1. The molecule has 1 aliphatic heterocycles. The van der Waals surface area contributed by atoms with Crippen molar-refractivity contribution in [1.29, 1.82) is 0 Å². The van der Waals surface area contributed by atoms with Crippen molar-refractivity contribution in [3.8, 4) is 11.4 Å². The third-order valence-electron chi connectivity index (χ3n) is 4.57. The van der Waals surface area contributed by atoms with Crippen molar-refractivity contribution < 1.29 is 23.6 Å². The van der Waals surface area contributed by atoms with Crippen LogP contribution in [0, 0.1) is 0 Å². The lowest BCUT2D eigenvalue weighted by molar-refractivity contribution is -0.149. The molecule has 2 heterocycles. The number of aromatic nitrogens is 2. The van der Waals surface area contributed by atoms with Gasteiger partial charge in [-0.2, -0.15) is 4.98 Å². The first-order valence-corrected chi connectivity index (χ1v) is 9.58. The standard InChI is InChI=1S/C19H21ClN4O5/c1-3-4-8-19(2)17(26)24(18(27)22-19)10-15(25)28-11-14-21-16(23-29-14)12-6-5-7-13(20)9-12/h5-7,9H,3-4,8,10-11H2,1-2H3,(H,22,27)/t19-/m1/s1. The number of urea groups is 1. The molecule has 1 atom stereocenters. The highest BCUT2D eigenvalue weighted by Gasteiger charge is 2.47. The predicted molar refractivity (Wildman–Crippen MR) is 103 cm³/mol. The summed E-state index contributed by atoms with van der Waals surface area (Å²) in [5.74, 6) is -0.803.